The van der Waals surface area contributed by atoms with Crippen LogP contribution in [0.1, 0.15) is 0 Å². The fourth-order valence-electron chi connectivity index (χ4n) is 1.65. The molecule has 0 saturated heterocycles. The van der Waals surface area contributed by atoms with E-state index in [1.807, 2.05) is 0 Å². The lowest BCUT2D eigenvalue weighted by atomic mass is 10.2. The van der Waals surface area contributed by atoms with Gasteiger partial charge in [-0.2, -0.15) is 4.98 Å². The molecule has 0 aliphatic carbocycles. The van der Waals surface area contributed by atoms with Gasteiger partial charge >= 0.3 is 0 Å². The van der Waals surface area contributed by atoms with E-state index in [0.29, 0.717) is 5.56 Å². The van der Waals surface area contributed by atoms with Crippen molar-refractivity contribution < 1.29 is 14.0 Å². The van der Waals surface area contributed by atoms with Gasteiger partial charge < -0.3 is 9.63 Å². The molecule has 3 aromatic rings. The third-order valence-electron chi connectivity index (χ3n) is 2.57. The Morgan fingerprint density at radius 3 is 2.74 bits per heavy atom. The average Bonchev–Trinajstić information content (AvgIpc) is 2.89. The summed E-state index contributed by atoms with van der Waals surface area (Å²) in [4.78, 5) is 7.82. The van der Waals surface area contributed by atoms with Gasteiger partial charge in [0.1, 0.15) is 11.6 Å². The van der Waals surface area contributed by atoms with Crippen molar-refractivity contribution in [3.05, 3.63) is 48.5 Å². The lowest BCUT2D eigenvalue weighted by Crippen LogP contribution is -1.86. The van der Waals surface area contributed by atoms with Crippen LogP contribution in [0, 0.1) is 5.82 Å². The number of halogens is 1. The first kappa shape index (κ1) is 11.3. The summed E-state index contributed by atoms with van der Waals surface area (Å²) in [6.45, 7) is 0. The first-order valence-electron chi connectivity index (χ1n) is 5.47. The van der Waals surface area contributed by atoms with E-state index >= 15 is 0 Å². The molecule has 0 bridgehead atoms. The first-order valence-corrected chi connectivity index (χ1v) is 5.47. The van der Waals surface area contributed by atoms with Gasteiger partial charge in [0.25, 0.3) is 5.89 Å². The molecule has 1 N–H and O–H groups in total. The summed E-state index contributed by atoms with van der Waals surface area (Å²) in [7, 11) is 0. The number of aromatic hydroxyl groups is 1. The van der Waals surface area contributed by atoms with Crippen molar-refractivity contribution in [3.8, 4) is 28.6 Å². The zero-order valence-corrected chi connectivity index (χ0v) is 9.62. The average molecular weight is 257 g/mol. The first-order chi connectivity index (χ1) is 9.25. The second-order valence-corrected chi connectivity index (χ2v) is 3.80. The quantitative estimate of drug-likeness (QED) is 0.764. The zero-order valence-electron chi connectivity index (χ0n) is 9.62. The van der Waals surface area contributed by atoms with Crippen LogP contribution in [-0.4, -0.2) is 20.2 Å². The second-order valence-electron chi connectivity index (χ2n) is 3.80. The van der Waals surface area contributed by atoms with Crippen molar-refractivity contribution in [1.82, 2.24) is 15.1 Å². The summed E-state index contributed by atoms with van der Waals surface area (Å²) in [5, 5.41) is 13.3. The van der Waals surface area contributed by atoms with E-state index in [2.05, 4.69) is 15.1 Å². The molecule has 3 rings (SSSR count). The standard InChI is InChI=1S/C13H8FN3O2/c14-10-4-2-1-3-8(10)12-16-13(19-17-12)9-5-6-15-7-11(9)18/h1-7,18H. The van der Waals surface area contributed by atoms with Gasteiger partial charge in [-0.1, -0.05) is 17.3 Å². The van der Waals surface area contributed by atoms with Crippen LogP contribution in [0.3, 0.4) is 0 Å². The van der Waals surface area contributed by atoms with E-state index in [9.17, 15) is 9.50 Å². The summed E-state index contributed by atoms with van der Waals surface area (Å²) < 4.78 is 18.6. The zero-order chi connectivity index (χ0) is 13.2. The number of benzene rings is 1. The maximum absolute atomic E-state index is 13.6. The number of hydrogen-bond acceptors (Lipinski definition) is 5. The number of hydrogen-bond donors (Lipinski definition) is 1. The summed E-state index contributed by atoms with van der Waals surface area (Å²) in [6, 6.07) is 7.66. The van der Waals surface area contributed by atoms with Crippen LogP contribution in [0.5, 0.6) is 5.75 Å². The van der Waals surface area contributed by atoms with Gasteiger partial charge in [-0.3, -0.25) is 4.98 Å². The molecule has 2 heterocycles. The van der Waals surface area contributed by atoms with Gasteiger partial charge in [-0.25, -0.2) is 4.39 Å². The molecule has 94 valence electrons. The highest BCUT2D eigenvalue weighted by atomic mass is 19.1. The molecule has 1 aromatic carbocycles. The Balaban J connectivity index is 2.06. The maximum atomic E-state index is 13.6. The molecule has 0 unspecified atom stereocenters. The Kier molecular flexibility index (Phi) is 2.68. The number of nitrogens with zero attached hydrogens (tertiary/aromatic N) is 3. The van der Waals surface area contributed by atoms with Gasteiger partial charge in [-0.05, 0) is 18.2 Å². The molecule has 0 atom stereocenters. The van der Waals surface area contributed by atoms with Crippen molar-refractivity contribution >= 4 is 0 Å². The molecular formula is C13H8FN3O2. The second kappa shape index (κ2) is 4.49. The molecule has 0 spiro atoms. The summed E-state index contributed by atoms with van der Waals surface area (Å²) in [5.74, 6) is -0.275. The topological polar surface area (TPSA) is 72.0 Å². The van der Waals surface area contributed by atoms with E-state index in [1.54, 1.807) is 18.2 Å². The van der Waals surface area contributed by atoms with E-state index in [-0.39, 0.29) is 23.0 Å². The van der Waals surface area contributed by atoms with Gasteiger partial charge in [-0.15, -0.1) is 0 Å². The summed E-state index contributed by atoms with van der Waals surface area (Å²) in [5.41, 5.74) is 0.594. The van der Waals surface area contributed by atoms with Gasteiger partial charge in [0.05, 0.1) is 17.3 Å². The van der Waals surface area contributed by atoms with E-state index in [0.717, 1.165) is 0 Å². The fourth-order valence-corrected chi connectivity index (χ4v) is 1.65. The van der Waals surface area contributed by atoms with Gasteiger partial charge in [0, 0.05) is 6.20 Å². The molecule has 0 saturated carbocycles. The molecule has 19 heavy (non-hydrogen) atoms. The van der Waals surface area contributed by atoms with Crippen molar-refractivity contribution in [2.45, 2.75) is 0 Å². The lowest BCUT2D eigenvalue weighted by molar-refractivity contribution is 0.425. The Morgan fingerprint density at radius 2 is 1.95 bits per heavy atom. The van der Waals surface area contributed by atoms with E-state index < -0.39 is 5.82 Å². The van der Waals surface area contributed by atoms with Crippen molar-refractivity contribution in [1.29, 1.82) is 0 Å². The van der Waals surface area contributed by atoms with Crippen LogP contribution >= 0.6 is 0 Å². The highest BCUT2D eigenvalue weighted by Crippen LogP contribution is 2.28. The minimum absolute atomic E-state index is 0.0776. The molecule has 0 radical (unpaired) electrons. The number of rotatable bonds is 2. The Labute approximate surface area is 107 Å². The van der Waals surface area contributed by atoms with Crippen LogP contribution in [0.15, 0.2) is 47.2 Å². The smallest absolute Gasteiger partial charge is 0.262 e. The maximum Gasteiger partial charge on any atom is 0.262 e. The molecule has 0 fully saturated rings. The molecule has 5 nitrogen and oxygen atoms in total. The van der Waals surface area contributed by atoms with Crippen LogP contribution in [0.2, 0.25) is 0 Å². The van der Waals surface area contributed by atoms with Crippen LogP contribution in [-0.2, 0) is 0 Å². The molecule has 0 aliphatic rings. The third-order valence-corrected chi connectivity index (χ3v) is 2.57. The minimum atomic E-state index is -0.436. The number of pyridine rings is 1. The predicted octanol–water partition coefficient (Wildman–Crippen LogP) is 2.64. The van der Waals surface area contributed by atoms with E-state index in [4.69, 9.17) is 4.52 Å². The van der Waals surface area contributed by atoms with E-state index in [1.165, 1.54) is 24.5 Å². The fraction of sp³-hybridized carbons (Fsp3) is 0. The van der Waals surface area contributed by atoms with Crippen LogP contribution in [0.4, 0.5) is 4.39 Å². The Morgan fingerprint density at radius 1 is 1.11 bits per heavy atom. The Hall–Kier alpha value is -2.76. The normalized spacial score (nSPS) is 10.6. The number of aromatic nitrogens is 3. The van der Waals surface area contributed by atoms with Gasteiger partial charge in [0.15, 0.2) is 0 Å². The third kappa shape index (κ3) is 2.03. The molecule has 2 aromatic heterocycles. The van der Waals surface area contributed by atoms with Crippen molar-refractivity contribution in [3.63, 3.8) is 0 Å². The van der Waals surface area contributed by atoms with Crippen molar-refractivity contribution in [2.75, 3.05) is 0 Å². The summed E-state index contributed by atoms with van der Waals surface area (Å²) in [6.07, 6.45) is 2.75. The Bertz CT molecular complexity index is 667. The SMILES string of the molecule is Oc1cnccc1-c1nc(-c2ccccc2F)no1. The molecular weight excluding hydrogens is 249 g/mol. The molecule has 0 aliphatic heterocycles. The minimum Gasteiger partial charge on any atom is -0.505 e. The predicted molar refractivity (Wildman–Crippen MR) is 64.6 cm³/mol. The van der Waals surface area contributed by atoms with Crippen LogP contribution in [0.25, 0.3) is 22.8 Å². The van der Waals surface area contributed by atoms with Gasteiger partial charge in [0.2, 0.25) is 5.82 Å². The highest BCUT2D eigenvalue weighted by Gasteiger charge is 2.15. The highest BCUT2D eigenvalue weighted by molar-refractivity contribution is 5.64. The summed E-state index contributed by atoms with van der Waals surface area (Å²) >= 11 is 0. The monoisotopic (exact) mass is 257 g/mol. The van der Waals surface area contributed by atoms with Crippen molar-refractivity contribution in [2.24, 2.45) is 0 Å². The molecule has 0 amide bonds. The largest absolute Gasteiger partial charge is 0.505 e. The van der Waals surface area contributed by atoms with Crippen LogP contribution < -0.4 is 0 Å². The molecule has 6 heteroatoms. The lowest BCUT2D eigenvalue weighted by Gasteiger charge is -1.96.